The van der Waals surface area contributed by atoms with Gasteiger partial charge in [0.1, 0.15) is 21.9 Å². The van der Waals surface area contributed by atoms with E-state index in [0.717, 1.165) is 4.90 Å². The fourth-order valence-corrected chi connectivity index (χ4v) is 4.45. The number of alkyl halides is 3. The van der Waals surface area contributed by atoms with Gasteiger partial charge in [0.2, 0.25) is 5.95 Å². The summed E-state index contributed by atoms with van der Waals surface area (Å²) in [6.07, 6.45) is -4.67. The number of rotatable bonds is 3. The Morgan fingerprint density at radius 2 is 2.10 bits per heavy atom. The molecule has 0 amide bonds. The number of nitrogens with zero attached hydrogens (tertiary/aromatic N) is 6. The predicted octanol–water partition coefficient (Wildman–Crippen LogP) is 1.97. The molecule has 2 aromatic rings. The normalized spacial score (nSPS) is 22.7. The number of fused-ring (bicyclic) bond motifs is 1. The number of ether oxygens (including phenoxy) is 1. The monoisotopic (exact) mass is 430 g/mol. The first-order chi connectivity index (χ1) is 13.7. The van der Waals surface area contributed by atoms with Crippen LogP contribution in [0.5, 0.6) is 0 Å². The fraction of sp³-hybridized carbons (Fsp3) is 0.647. The third-order valence-corrected chi connectivity index (χ3v) is 5.97. The van der Waals surface area contributed by atoms with E-state index in [1.165, 1.54) is 22.0 Å². The molecule has 4 heterocycles. The summed E-state index contributed by atoms with van der Waals surface area (Å²) in [7, 11) is 0. The van der Waals surface area contributed by atoms with Crippen molar-refractivity contribution in [1.29, 1.82) is 0 Å². The predicted molar refractivity (Wildman–Crippen MR) is 101 cm³/mol. The number of hydrogen-bond acceptors (Lipinski definition) is 8. The number of hydrogen-bond donors (Lipinski definition) is 0. The molecule has 1 saturated heterocycles. The van der Waals surface area contributed by atoms with Crippen LogP contribution in [0.2, 0.25) is 0 Å². The van der Waals surface area contributed by atoms with Crippen LogP contribution >= 0.6 is 11.3 Å². The Morgan fingerprint density at radius 1 is 1.31 bits per heavy atom. The summed E-state index contributed by atoms with van der Waals surface area (Å²) in [6, 6.07) is -0.372. The molecule has 2 aliphatic rings. The molecule has 0 bridgehead atoms. The molecular weight excluding hydrogens is 409 g/mol. The van der Waals surface area contributed by atoms with Gasteiger partial charge in [0.25, 0.3) is 5.56 Å². The van der Waals surface area contributed by atoms with Crippen molar-refractivity contribution < 1.29 is 17.9 Å². The van der Waals surface area contributed by atoms with E-state index in [1.54, 1.807) is 6.92 Å². The first-order valence-corrected chi connectivity index (χ1v) is 10.1. The van der Waals surface area contributed by atoms with Crippen molar-refractivity contribution in [3.05, 3.63) is 26.4 Å². The lowest BCUT2D eigenvalue weighted by molar-refractivity contribution is -0.153. The minimum atomic E-state index is -4.45. The Kier molecular flexibility index (Phi) is 5.23. The molecule has 158 valence electrons. The van der Waals surface area contributed by atoms with Crippen LogP contribution in [0.4, 0.5) is 24.9 Å². The van der Waals surface area contributed by atoms with Crippen molar-refractivity contribution >= 4 is 23.1 Å². The highest BCUT2D eigenvalue weighted by atomic mass is 32.1. The number of morpholine rings is 1. The van der Waals surface area contributed by atoms with Gasteiger partial charge in [-0.25, -0.2) is 0 Å². The molecule has 2 aromatic heterocycles. The van der Waals surface area contributed by atoms with Crippen LogP contribution in [0.25, 0.3) is 0 Å². The van der Waals surface area contributed by atoms with Gasteiger partial charge >= 0.3 is 6.18 Å². The van der Waals surface area contributed by atoms with Crippen molar-refractivity contribution in [3.8, 4) is 0 Å². The number of halogens is 3. The second-order valence-corrected chi connectivity index (χ2v) is 8.48. The molecule has 29 heavy (non-hydrogen) atoms. The summed E-state index contributed by atoms with van der Waals surface area (Å²) < 4.78 is 48.1. The third-order valence-electron chi connectivity index (χ3n) is 5.15. The van der Waals surface area contributed by atoms with Crippen molar-refractivity contribution in [3.63, 3.8) is 0 Å². The van der Waals surface area contributed by atoms with Crippen LogP contribution in [0.1, 0.15) is 23.4 Å². The molecule has 8 nitrogen and oxygen atoms in total. The summed E-state index contributed by atoms with van der Waals surface area (Å²) >= 11 is 1.23. The van der Waals surface area contributed by atoms with Gasteiger partial charge in [-0.3, -0.25) is 9.36 Å². The summed E-state index contributed by atoms with van der Waals surface area (Å²) in [5.41, 5.74) is -0.359. The van der Waals surface area contributed by atoms with E-state index in [-0.39, 0.29) is 37.1 Å². The lowest BCUT2D eigenvalue weighted by Gasteiger charge is -2.40. The maximum absolute atomic E-state index is 13.8. The van der Waals surface area contributed by atoms with E-state index in [0.29, 0.717) is 35.6 Å². The van der Waals surface area contributed by atoms with Gasteiger partial charge in [0, 0.05) is 19.2 Å². The first kappa shape index (κ1) is 20.1. The summed E-state index contributed by atoms with van der Waals surface area (Å²) in [4.78, 5) is 20.3. The smallest absolute Gasteiger partial charge is 0.377 e. The van der Waals surface area contributed by atoms with Crippen LogP contribution in [-0.4, -0.2) is 57.8 Å². The Bertz CT molecular complexity index is 946. The SMILES string of the molecule is Cc1nnc(CN2c3nc(N4CCOC[C@H]4C)cc(=O)n3CCC2C(F)(F)F)s1. The van der Waals surface area contributed by atoms with Crippen molar-refractivity contribution in [2.45, 2.75) is 51.6 Å². The highest BCUT2D eigenvalue weighted by Gasteiger charge is 2.47. The Labute approximate surface area is 168 Å². The first-order valence-electron chi connectivity index (χ1n) is 9.32. The molecule has 0 N–H and O–H groups in total. The van der Waals surface area contributed by atoms with Crippen molar-refractivity contribution in [1.82, 2.24) is 19.7 Å². The van der Waals surface area contributed by atoms with Crippen LogP contribution in [0, 0.1) is 6.92 Å². The standard InChI is InChI=1S/C17H21F3N6O2S/c1-10-9-28-6-5-24(10)13-7-15(27)25-4-3-12(17(18,19)20)26(16(25)21-13)8-14-23-22-11(2)29-14/h7,10,12H,3-6,8-9H2,1-2H3/t10-,12?/m1/s1. The van der Waals surface area contributed by atoms with Gasteiger partial charge in [-0.15, -0.1) is 10.2 Å². The number of aromatic nitrogens is 4. The quantitative estimate of drug-likeness (QED) is 0.737. The highest BCUT2D eigenvalue weighted by Crippen LogP contribution is 2.35. The van der Waals surface area contributed by atoms with Gasteiger partial charge in [0.05, 0.1) is 25.8 Å². The van der Waals surface area contributed by atoms with Crippen LogP contribution in [-0.2, 0) is 17.8 Å². The molecule has 2 atom stereocenters. The van der Waals surface area contributed by atoms with Crippen LogP contribution < -0.4 is 15.4 Å². The van der Waals surface area contributed by atoms with Crippen molar-refractivity contribution in [2.75, 3.05) is 29.6 Å². The molecule has 12 heteroatoms. The van der Waals surface area contributed by atoms with E-state index in [9.17, 15) is 18.0 Å². The van der Waals surface area contributed by atoms with E-state index >= 15 is 0 Å². The summed E-state index contributed by atoms with van der Waals surface area (Å²) in [6.45, 7) is 5.00. The molecule has 1 unspecified atom stereocenters. The molecule has 0 radical (unpaired) electrons. The van der Waals surface area contributed by atoms with Crippen LogP contribution in [0.3, 0.4) is 0 Å². The molecule has 2 aliphatic heterocycles. The maximum Gasteiger partial charge on any atom is 0.408 e. The second kappa shape index (κ2) is 7.56. The van der Waals surface area contributed by atoms with Gasteiger partial charge < -0.3 is 14.5 Å². The van der Waals surface area contributed by atoms with Crippen molar-refractivity contribution in [2.24, 2.45) is 0 Å². The zero-order chi connectivity index (χ0) is 20.8. The Hall–Kier alpha value is -2.21. The number of anilines is 2. The maximum atomic E-state index is 13.8. The summed E-state index contributed by atoms with van der Waals surface area (Å²) in [5, 5.41) is 8.97. The minimum Gasteiger partial charge on any atom is -0.377 e. The fourth-order valence-electron chi connectivity index (χ4n) is 3.74. The Balaban J connectivity index is 1.78. The highest BCUT2D eigenvalue weighted by molar-refractivity contribution is 7.11. The number of aryl methyl sites for hydroxylation is 1. The molecule has 0 aromatic carbocycles. The van der Waals surface area contributed by atoms with E-state index in [1.807, 2.05) is 11.8 Å². The minimum absolute atomic E-state index is 0.0209. The van der Waals surface area contributed by atoms with Gasteiger partial charge in [-0.2, -0.15) is 18.2 Å². The van der Waals surface area contributed by atoms with Gasteiger partial charge in [-0.1, -0.05) is 11.3 Å². The second-order valence-electron chi connectivity index (χ2n) is 7.21. The third kappa shape index (κ3) is 3.95. The van der Waals surface area contributed by atoms with Gasteiger partial charge in [-0.05, 0) is 20.3 Å². The lowest BCUT2D eigenvalue weighted by atomic mass is 10.1. The van der Waals surface area contributed by atoms with Gasteiger partial charge in [0.15, 0.2) is 0 Å². The molecule has 0 aliphatic carbocycles. The Morgan fingerprint density at radius 3 is 2.76 bits per heavy atom. The van der Waals surface area contributed by atoms with E-state index in [2.05, 4.69) is 15.2 Å². The van der Waals surface area contributed by atoms with E-state index < -0.39 is 12.2 Å². The zero-order valence-electron chi connectivity index (χ0n) is 16.0. The van der Waals surface area contributed by atoms with Crippen LogP contribution in [0.15, 0.2) is 10.9 Å². The zero-order valence-corrected chi connectivity index (χ0v) is 16.8. The van der Waals surface area contributed by atoms with E-state index in [4.69, 9.17) is 4.74 Å². The average Bonchev–Trinajstić information content (AvgIpc) is 3.06. The lowest BCUT2D eigenvalue weighted by Crippen LogP contribution is -2.52. The summed E-state index contributed by atoms with van der Waals surface area (Å²) in [5.74, 6) is 0.394. The molecule has 0 saturated carbocycles. The largest absolute Gasteiger partial charge is 0.408 e. The molecular formula is C17H21F3N6O2S. The average molecular weight is 430 g/mol. The topological polar surface area (TPSA) is 76.4 Å². The molecule has 4 rings (SSSR count). The molecule has 0 spiro atoms. The molecule has 1 fully saturated rings.